The van der Waals surface area contributed by atoms with E-state index in [-0.39, 0.29) is 116 Å². The SMILES string of the molecule is [2H][C@@]1(n2ccc(NO)nc2=O)O[C@H](COC(=O)C(C)C)[C@@H](O)[C@H]1O.[2H][C@@]1(n2ccc(NO)nc2=O)O[C@H](COC(=O)C(CCC)CCC)[C@@H](O)[C@H]1O.[2H][C@@]1(n2ccc(NO)nc2=O)O[C@H](COC(=O)C2CC2)[C@@H](O)[C@H]1O.[2H][C@@]1(n2ccc(NO)nc2=O)O[C@H](COC(=O)C2CCC2)[C@@H](O)[C@H]1O.[2H][C@@]1(n2ccc(NO)nc2=O)O[C@H](COC(=O)C2CCCC2)[C@@H](O)[C@H]1O.[2H][C@@]1(n2ccc(NO)nc2=O)O[C@H](COC(=O)C2CCCCC2)[C@@H](O)[C@H]1O. The van der Waals surface area contributed by atoms with Crippen molar-refractivity contribution in [3.63, 3.8) is 0 Å². The van der Waals surface area contributed by atoms with E-state index in [4.69, 9.17) is 96.3 Å². The number of aliphatic hydroxyl groups is 12. The molecule has 0 unspecified atom stereocenters. The number of aromatic nitrogens is 12. The van der Waals surface area contributed by atoms with Crippen LogP contribution in [0, 0.1) is 35.5 Å². The summed E-state index contributed by atoms with van der Waals surface area (Å²) < 4.78 is 116. The Balaban J connectivity index is 0.000000175. The van der Waals surface area contributed by atoms with Gasteiger partial charge in [-0.2, -0.15) is 29.9 Å². The van der Waals surface area contributed by atoms with Gasteiger partial charge < -0.3 is 118 Å². The van der Waals surface area contributed by atoms with Crippen molar-refractivity contribution in [2.45, 2.75) is 290 Å². The predicted octanol–water partition coefficient (Wildman–Crippen LogP) is -3.91. The van der Waals surface area contributed by atoms with Crippen LogP contribution in [0.15, 0.2) is 102 Å². The highest BCUT2D eigenvalue weighted by molar-refractivity contribution is 5.75. The van der Waals surface area contributed by atoms with Crippen molar-refractivity contribution in [2.75, 3.05) is 72.5 Å². The summed E-state index contributed by atoms with van der Waals surface area (Å²) in [5.74, 6) is -4.77. The Morgan fingerprint density at radius 2 is 0.493 bits per heavy atom. The number of carbonyl (C=O) groups excluding carboxylic acids is 6. The van der Waals surface area contributed by atoms with Gasteiger partial charge in [-0.25, -0.2) is 28.8 Å². The molecule has 6 aromatic heterocycles. The molecular weight excluding hydrogens is 1980 g/mol. The van der Waals surface area contributed by atoms with Crippen molar-refractivity contribution >= 4 is 70.7 Å². The first kappa shape index (κ1) is 107. The van der Waals surface area contributed by atoms with E-state index in [1.807, 2.05) is 13.8 Å². The summed E-state index contributed by atoms with van der Waals surface area (Å²) >= 11 is 0. The third-order valence-electron chi connectivity index (χ3n) is 24.7. The molecule has 60 heteroatoms. The fourth-order valence-corrected chi connectivity index (χ4v) is 15.9. The second-order valence-corrected chi connectivity index (χ2v) is 35.5. The van der Waals surface area contributed by atoms with E-state index in [9.17, 15) is 119 Å². The van der Waals surface area contributed by atoms with Gasteiger partial charge in [-0.1, -0.05) is 79.1 Å². The Kier molecular flexibility index (Phi) is 39.8. The first-order chi connectivity index (χ1) is 72.9. The Hall–Kier alpha value is -12.1. The maximum absolute atomic E-state index is 12.3. The molecule has 820 valence electrons. The molecule has 24 atom stereocenters. The summed E-state index contributed by atoms with van der Waals surface area (Å²) in [4.78, 5) is 164. The van der Waals surface area contributed by atoms with Crippen molar-refractivity contribution < 1.29 is 186 Å². The van der Waals surface area contributed by atoms with Crippen LogP contribution in [-0.4, -0.2) is 335 Å². The zero-order valence-electron chi connectivity index (χ0n) is 86.0. The van der Waals surface area contributed by atoms with Crippen LogP contribution in [0.5, 0.6) is 0 Å². The molecule has 0 bridgehead atoms. The molecule has 0 aromatic carbocycles. The predicted molar refractivity (Wildman–Crippen MR) is 491 cm³/mol. The molecular formula is C88H126N18O42. The zero-order chi connectivity index (χ0) is 113. The van der Waals surface area contributed by atoms with Crippen LogP contribution >= 0.6 is 0 Å². The summed E-state index contributed by atoms with van der Waals surface area (Å²) in [6.45, 7) is 5.08. The number of hydrogen-bond acceptors (Lipinski definition) is 54. The number of nitrogens with zero attached hydrogens (tertiary/aromatic N) is 12. The van der Waals surface area contributed by atoms with E-state index in [0.29, 0.717) is 40.2 Å². The Morgan fingerprint density at radius 3 is 0.669 bits per heavy atom. The van der Waals surface area contributed by atoms with Gasteiger partial charge in [-0.15, -0.1) is 0 Å². The minimum absolute atomic E-state index is 0.139. The molecule has 0 amide bonds. The van der Waals surface area contributed by atoms with Gasteiger partial charge in [0.05, 0.1) is 43.7 Å². The number of hydrogen-bond donors (Lipinski definition) is 24. The summed E-state index contributed by atoms with van der Waals surface area (Å²) in [5.41, 5.74) is 4.23. The van der Waals surface area contributed by atoms with Crippen LogP contribution in [0.1, 0.15) is 189 Å². The van der Waals surface area contributed by atoms with Crippen LogP contribution in [0.2, 0.25) is 0 Å². The van der Waals surface area contributed by atoms with Gasteiger partial charge in [0.25, 0.3) is 0 Å². The lowest BCUT2D eigenvalue weighted by Crippen LogP contribution is -2.37. The van der Waals surface area contributed by atoms with E-state index in [1.165, 1.54) is 36.4 Å². The van der Waals surface area contributed by atoms with Gasteiger partial charge in [0.15, 0.2) is 72.1 Å². The summed E-state index contributed by atoms with van der Waals surface area (Å²) in [6, 6.07) is 7.11. The van der Waals surface area contributed by atoms with Crippen molar-refractivity contribution in [3.05, 3.63) is 136 Å². The lowest BCUT2D eigenvalue weighted by molar-refractivity contribution is -0.158. The molecule has 12 heterocycles. The minimum atomic E-state index is -2.36. The van der Waals surface area contributed by atoms with Gasteiger partial charge in [0.2, 0.25) is 0 Å². The van der Waals surface area contributed by atoms with Gasteiger partial charge in [0.1, 0.15) is 150 Å². The van der Waals surface area contributed by atoms with Crippen LogP contribution < -0.4 is 67.0 Å². The minimum Gasteiger partial charge on any atom is -0.463 e. The van der Waals surface area contributed by atoms with E-state index < -0.39 is 211 Å². The van der Waals surface area contributed by atoms with Gasteiger partial charge in [-0.05, 0) is 101 Å². The second-order valence-electron chi connectivity index (χ2n) is 35.5. The molecule has 0 spiro atoms. The summed E-state index contributed by atoms with van der Waals surface area (Å²) in [6.07, 6.45) is -19.6. The number of nitrogens with one attached hydrogen (secondary N) is 6. The van der Waals surface area contributed by atoms with Gasteiger partial charge in [0, 0.05) is 37.2 Å². The van der Waals surface area contributed by atoms with Crippen LogP contribution in [0.25, 0.3) is 0 Å². The molecule has 60 nitrogen and oxygen atoms in total. The van der Waals surface area contributed by atoms with Crippen molar-refractivity contribution in [1.29, 1.82) is 0 Å². The molecule has 0 radical (unpaired) electrons. The molecule has 6 aliphatic heterocycles. The molecule has 16 rings (SSSR count). The average molecular weight is 2110 g/mol. The zero-order valence-corrected chi connectivity index (χ0v) is 80.0. The van der Waals surface area contributed by atoms with Gasteiger partial charge >= 0.3 is 70.0 Å². The maximum Gasteiger partial charge on any atom is 0.351 e. The molecule has 148 heavy (non-hydrogen) atoms. The highest BCUT2D eigenvalue weighted by Gasteiger charge is 2.52. The lowest BCUT2D eigenvalue weighted by Gasteiger charge is -2.24. The Morgan fingerprint density at radius 1 is 0.304 bits per heavy atom. The van der Waals surface area contributed by atoms with Crippen molar-refractivity contribution in [2.24, 2.45) is 35.5 Å². The number of carbonyl (C=O) groups is 6. The first-order valence-electron chi connectivity index (χ1n) is 50.2. The lowest BCUT2D eigenvalue weighted by atomic mass is 9.86. The normalized spacial score (nSPS) is 32.1. The largest absolute Gasteiger partial charge is 0.463 e. The molecule has 6 saturated heterocycles. The molecule has 6 aromatic rings. The van der Waals surface area contributed by atoms with Crippen LogP contribution in [-0.2, 0) is 85.6 Å². The van der Waals surface area contributed by atoms with E-state index in [1.54, 1.807) is 46.7 Å². The molecule has 4 aliphatic carbocycles. The summed E-state index contributed by atoms with van der Waals surface area (Å²) in [5, 5.41) is 174. The monoisotopic (exact) mass is 2110 g/mol. The number of esters is 6. The molecule has 24 N–H and O–H groups in total. The third-order valence-corrected chi connectivity index (χ3v) is 24.7. The fraction of sp³-hybridized carbons (Fsp3) is 0.659. The fourth-order valence-electron chi connectivity index (χ4n) is 15.9. The van der Waals surface area contributed by atoms with Crippen LogP contribution in [0.4, 0.5) is 34.9 Å². The van der Waals surface area contributed by atoms with Crippen molar-refractivity contribution in [3.8, 4) is 0 Å². The van der Waals surface area contributed by atoms with E-state index >= 15 is 0 Å². The highest BCUT2D eigenvalue weighted by atomic mass is 16.6. The molecule has 10 fully saturated rings. The quantitative estimate of drug-likeness (QED) is 0.0104. The maximum atomic E-state index is 12.3. The van der Waals surface area contributed by atoms with Crippen LogP contribution in [0.3, 0.4) is 0 Å². The average Bonchev–Trinajstić information content (AvgIpc) is 1.63. The summed E-state index contributed by atoms with van der Waals surface area (Å²) in [7, 11) is 0. The highest BCUT2D eigenvalue weighted by Crippen LogP contribution is 2.38. The van der Waals surface area contributed by atoms with Crippen molar-refractivity contribution in [1.82, 2.24) is 57.3 Å². The third kappa shape index (κ3) is 29.8. The number of rotatable bonds is 34. The first-order valence-corrected chi connectivity index (χ1v) is 47.2. The second kappa shape index (κ2) is 54.9. The van der Waals surface area contributed by atoms with Gasteiger partial charge in [-0.3, -0.25) is 120 Å². The number of ether oxygens (including phenoxy) is 12. The molecule has 4 saturated carbocycles. The Bertz CT molecular complexity index is 6000. The Labute approximate surface area is 846 Å². The topological polar surface area (TPSA) is 859 Å². The standard InChI is InChI=1S/C17H27N3O7.C16H23N3O7.C15H21N3O7.C14H19N3O7.C13H17N3O7.C13H19N3O7/c1-3-5-10(6-4-2)16(23)26-9-11-13(21)14(22)15(27-11)20-8-7-12(19-25)18-17(20)24;20-12-10(8-25-15(22)9-4-2-1-3-5-9)26-14(13(12)21)19-7-6-11(18-24)17-16(19)23;19-11-9(7-24-14(21)8-3-1-2-4-8)25-13(12(11)20)18-6-5-10(17-23)16-15(18)22;18-10-8(6-23-13(20)7-2-1-3-7)24-12(11(10)19)17-5-4-9(16-22)15-14(17)21;17-9-7(5-22-12(19)6-1-2-6)23-11(10(9)18)16-4-3-8(15-21)14-13(16)20;1-6(2)12(19)22-5-7-9(17)10(18)11(23-7)16-4-3-8(15-21)14-13(16)20/h7-8,10-11,13-15,21-22,25H,3-6,9H2,1-2H3,(H,18,19,24);6-7,9-10,12-14,20-21,24H,1-5,8H2,(H,17,18,23);5-6,8-9,11-13,19-20,23H,1-4,7H2,(H,16,17,22);4-5,7-8,10-12,18-19,22H,1-3,6H2,(H,15,16,21);3-4,6-7,9-11,17-18,21H,1-2,5H2,(H,14,15,20);3-4,6-7,9-11,17-18,21H,5H2,1-2H3,(H,14,15,20)/t11-,13-,14-,15-;10-,12-,13-,14-;9-,11-,12-,13-;8-,10-,11-,12-;2*7-,9-,10-,11-/m111111/s1/i15D;14D;13D;12D;2*11D. The van der Waals surface area contributed by atoms with E-state index in [0.717, 1.165) is 140 Å². The molecule has 10 aliphatic rings. The smallest absolute Gasteiger partial charge is 0.351 e. The van der Waals surface area contributed by atoms with E-state index in [2.05, 4.69) is 29.9 Å². The number of aliphatic hydroxyl groups excluding tert-OH is 12. The number of anilines is 6.